The summed E-state index contributed by atoms with van der Waals surface area (Å²) in [4.78, 5) is 13.5. The van der Waals surface area contributed by atoms with E-state index in [1.165, 1.54) is 36.6 Å². The van der Waals surface area contributed by atoms with E-state index >= 15 is 0 Å². The number of furan rings is 1. The van der Waals surface area contributed by atoms with E-state index in [1.54, 1.807) is 12.1 Å². The Morgan fingerprint density at radius 2 is 1.95 bits per heavy atom. The molecule has 1 N–H and O–H groups in total. The van der Waals surface area contributed by atoms with Gasteiger partial charge in [-0.1, -0.05) is 0 Å². The van der Waals surface area contributed by atoms with E-state index in [1.807, 2.05) is 0 Å². The van der Waals surface area contributed by atoms with E-state index in [0.717, 1.165) is 0 Å². The normalized spacial score (nSPS) is 10.9. The molecule has 19 heavy (non-hydrogen) atoms. The third kappa shape index (κ3) is 3.38. The van der Waals surface area contributed by atoms with Gasteiger partial charge in [-0.2, -0.15) is 4.99 Å². The van der Waals surface area contributed by atoms with Crippen molar-refractivity contribution < 1.29 is 17.6 Å². The fraction of sp³-hybridized carbons (Fsp3) is 0.0833. The molecule has 0 saturated carbocycles. The van der Waals surface area contributed by atoms with Crippen LogP contribution in [0.2, 0.25) is 0 Å². The fourth-order valence-corrected chi connectivity index (χ4v) is 2.41. The van der Waals surface area contributed by atoms with E-state index in [2.05, 4.69) is 9.71 Å². The molecule has 0 fully saturated rings. The highest BCUT2D eigenvalue weighted by atomic mass is 32.2. The van der Waals surface area contributed by atoms with Crippen LogP contribution in [0, 0.1) is 0 Å². The summed E-state index contributed by atoms with van der Waals surface area (Å²) >= 11 is 0. The van der Waals surface area contributed by atoms with Crippen molar-refractivity contribution in [3.8, 4) is 0 Å². The first-order chi connectivity index (χ1) is 9.12. The summed E-state index contributed by atoms with van der Waals surface area (Å²) in [6.07, 6.45) is 2.85. The van der Waals surface area contributed by atoms with Gasteiger partial charge in [-0.3, -0.25) is 0 Å². The molecule has 0 aliphatic rings. The van der Waals surface area contributed by atoms with Gasteiger partial charge in [0.25, 0.3) is 0 Å². The Bertz CT molecular complexity index is 684. The molecule has 2 rings (SSSR count). The smallest absolute Gasteiger partial charge is 0.240 e. The van der Waals surface area contributed by atoms with Crippen LogP contribution < -0.4 is 4.72 Å². The number of nitrogens with zero attached hydrogens (tertiary/aromatic N) is 1. The highest BCUT2D eigenvalue weighted by molar-refractivity contribution is 7.89. The Morgan fingerprint density at radius 1 is 1.21 bits per heavy atom. The van der Waals surface area contributed by atoms with E-state index < -0.39 is 10.0 Å². The maximum absolute atomic E-state index is 11.9. The van der Waals surface area contributed by atoms with Gasteiger partial charge in [0.2, 0.25) is 16.1 Å². The summed E-state index contributed by atoms with van der Waals surface area (Å²) < 4.78 is 31.3. The van der Waals surface area contributed by atoms with Crippen molar-refractivity contribution in [1.29, 1.82) is 0 Å². The maximum atomic E-state index is 11.9. The summed E-state index contributed by atoms with van der Waals surface area (Å²) in [6, 6.07) is 8.92. The Kier molecular flexibility index (Phi) is 3.91. The fourth-order valence-electron chi connectivity index (χ4n) is 1.42. The Labute approximate surface area is 109 Å². The van der Waals surface area contributed by atoms with Crippen LogP contribution in [0.4, 0.5) is 5.69 Å². The van der Waals surface area contributed by atoms with Crippen molar-refractivity contribution in [2.24, 2.45) is 4.99 Å². The van der Waals surface area contributed by atoms with Gasteiger partial charge in [-0.05, 0) is 36.4 Å². The zero-order valence-corrected chi connectivity index (χ0v) is 10.6. The van der Waals surface area contributed by atoms with Crippen molar-refractivity contribution in [3.05, 3.63) is 48.4 Å². The van der Waals surface area contributed by atoms with Crippen molar-refractivity contribution in [2.45, 2.75) is 11.4 Å². The zero-order valence-electron chi connectivity index (χ0n) is 9.74. The Balaban J connectivity index is 2.12. The summed E-state index contributed by atoms with van der Waals surface area (Å²) in [7, 11) is -3.62. The third-order valence-electron chi connectivity index (χ3n) is 2.34. The number of benzene rings is 1. The highest BCUT2D eigenvalue weighted by Crippen LogP contribution is 2.16. The van der Waals surface area contributed by atoms with Gasteiger partial charge in [-0.15, -0.1) is 0 Å². The minimum absolute atomic E-state index is 0.0730. The molecule has 0 spiro atoms. The quantitative estimate of drug-likeness (QED) is 0.666. The predicted molar refractivity (Wildman–Crippen MR) is 67.0 cm³/mol. The molecule has 2 aromatic rings. The van der Waals surface area contributed by atoms with Crippen molar-refractivity contribution in [2.75, 3.05) is 0 Å². The van der Waals surface area contributed by atoms with Gasteiger partial charge < -0.3 is 4.42 Å². The van der Waals surface area contributed by atoms with Crippen LogP contribution >= 0.6 is 0 Å². The van der Waals surface area contributed by atoms with Gasteiger partial charge >= 0.3 is 0 Å². The second-order valence-corrected chi connectivity index (χ2v) is 5.37. The molecule has 6 nitrogen and oxygen atoms in total. The van der Waals surface area contributed by atoms with Crippen molar-refractivity contribution in [1.82, 2.24) is 4.72 Å². The van der Waals surface area contributed by atoms with Crippen LogP contribution in [0.15, 0.2) is 57.0 Å². The van der Waals surface area contributed by atoms with Gasteiger partial charge in [0.1, 0.15) is 5.76 Å². The lowest BCUT2D eigenvalue weighted by molar-refractivity contribution is 0.498. The lowest BCUT2D eigenvalue weighted by Crippen LogP contribution is -2.22. The van der Waals surface area contributed by atoms with Crippen LogP contribution in [0.5, 0.6) is 0 Å². The molecule has 1 aromatic heterocycles. The minimum Gasteiger partial charge on any atom is -0.468 e. The second kappa shape index (κ2) is 5.62. The van der Waals surface area contributed by atoms with Gasteiger partial charge in [-0.25, -0.2) is 17.9 Å². The first-order valence-corrected chi connectivity index (χ1v) is 6.80. The molecular formula is C12H10N2O4S. The largest absolute Gasteiger partial charge is 0.468 e. The SMILES string of the molecule is O=C=Nc1ccc(S(=O)(=O)NCc2ccco2)cc1. The molecule has 0 saturated heterocycles. The number of hydrogen-bond acceptors (Lipinski definition) is 5. The average molecular weight is 278 g/mol. The number of carbonyl (C=O) groups excluding carboxylic acids is 1. The summed E-state index contributed by atoms with van der Waals surface area (Å²) in [5, 5.41) is 0. The van der Waals surface area contributed by atoms with E-state index in [4.69, 9.17) is 4.42 Å². The number of aliphatic imine (C=N–C) groups is 1. The maximum Gasteiger partial charge on any atom is 0.240 e. The van der Waals surface area contributed by atoms with E-state index in [-0.39, 0.29) is 11.4 Å². The average Bonchev–Trinajstić information content (AvgIpc) is 2.91. The number of rotatable bonds is 5. The predicted octanol–water partition coefficient (Wildman–Crippen LogP) is 1.73. The molecule has 7 heteroatoms. The zero-order chi connectivity index (χ0) is 13.7. The lowest BCUT2D eigenvalue weighted by atomic mass is 10.3. The minimum atomic E-state index is -3.62. The highest BCUT2D eigenvalue weighted by Gasteiger charge is 2.13. The number of hydrogen-bond donors (Lipinski definition) is 1. The number of isocyanates is 1. The molecular weight excluding hydrogens is 268 g/mol. The third-order valence-corrected chi connectivity index (χ3v) is 3.76. The Morgan fingerprint density at radius 3 is 2.53 bits per heavy atom. The topological polar surface area (TPSA) is 88.7 Å². The van der Waals surface area contributed by atoms with Crippen LogP contribution in [0.3, 0.4) is 0 Å². The molecule has 0 aliphatic heterocycles. The van der Waals surface area contributed by atoms with Gasteiger partial charge in [0.05, 0.1) is 23.4 Å². The number of nitrogens with one attached hydrogen (secondary N) is 1. The first kappa shape index (κ1) is 13.2. The standard InChI is InChI=1S/C12H10N2O4S/c15-9-13-10-3-5-12(6-4-10)19(16,17)14-8-11-2-1-7-18-11/h1-7,14H,8H2. The van der Waals surface area contributed by atoms with Crippen LogP contribution in [0.25, 0.3) is 0 Å². The molecule has 0 unspecified atom stereocenters. The van der Waals surface area contributed by atoms with E-state index in [0.29, 0.717) is 11.4 Å². The molecule has 0 amide bonds. The molecule has 98 valence electrons. The lowest BCUT2D eigenvalue weighted by Gasteiger charge is -2.05. The van der Waals surface area contributed by atoms with Crippen LogP contribution in [-0.2, 0) is 21.4 Å². The monoisotopic (exact) mass is 278 g/mol. The van der Waals surface area contributed by atoms with Crippen molar-refractivity contribution >= 4 is 21.8 Å². The molecule has 1 heterocycles. The molecule has 0 bridgehead atoms. The second-order valence-electron chi connectivity index (χ2n) is 3.60. The number of sulfonamides is 1. The molecule has 0 aliphatic carbocycles. The Hall–Kier alpha value is -2.21. The summed E-state index contributed by atoms with van der Waals surface area (Å²) in [5.41, 5.74) is 0.347. The molecule has 0 radical (unpaired) electrons. The van der Waals surface area contributed by atoms with Crippen LogP contribution in [0.1, 0.15) is 5.76 Å². The van der Waals surface area contributed by atoms with Gasteiger partial charge in [0.15, 0.2) is 0 Å². The summed E-state index contributed by atoms with van der Waals surface area (Å²) in [5.74, 6) is 0.519. The first-order valence-electron chi connectivity index (χ1n) is 5.32. The molecule has 1 aromatic carbocycles. The van der Waals surface area contributed by atoms with Crippen molar-refractivity contribution in [3.63, 3.8) is 0 Å². The summed E-state index contributed by atoms with van der Waals surface area (Å²) in [6.45, 7) is 0.0730. The van der Waals surface area contributed by atoms with Crippen LogP contribution in [-0.4, -0.2) is 14.5 Å². The van der Waals surface area contributed by atoms with E-state index in [9.17, 15) is 13.2 Å². The van der Waals surface area contributed by atoms with Gasteiger partial charge in [0, 0.05) is 0 Å². The molecule has 0 atom stereocenters.